The Bertz CT molecular complexity index is 1400. The molecule has 1 amide bonds. The summed E-state index contributed by atoms with van der Waals surface area (Å²) in [7, 11) is 0. The van der Waals surface area contributed by atoms with Crippen LogP contribution >= 0.6 is 0 Å². The SMILES string of the molecule is CCCCCCCCCCC/C=C/CC/C=C/CC/C=C/C(O)C(COC1OC(CO)C(O)C(O)C1O)NC(=O)CCCCCCCCCCCCCCCCCCC/C=C\C/C=C\CCCCCCCCCCCCC. The maximum Gasteiger partial charge on any atom is 0.220 e. The number of aliphatic hydroxyl groups is 5. The van der Waals surface area contributed by atoms with E-state index in [-0.39, 0.29) is 12.5 Å². The van der Waals surface area contributed by atoms with Crippen LogP contribution in [0.15, 0.2) is 60.8 Å². The van der Waals surface area contributed by atoms with E-state index in [0.29, 0.717) is 6.42 Å². The average molecular weight is 1080 g/mol. The molecule has 9 nitrogen and oxygen atoms in total. The van der Waals surface area contributed by atoms with E-state index in [1.165, 1.54) is 238 Å². The predicted molar refractivity (Wildman–Crippen MR) is 327 cm³/mol. The van der Waals surface area contributed by atoms with E-state index in [4.69, 9.17) is 9.47 Å². The highest BCUT2D eigenvalue weighted by molar-refractivity contribution is 5.76. The summed E-state index contributed by atoms with van der Waals surface area (Å²) in [6, 6.07) is -0.830. The number of allylic oxidation sites excluding steroid dienone is 9. The first-order valence-electron chi connectivity index (χ1n) is 33.0. The van der Waals surface area contributed by atoms with Crippen LogP contribution in [0, 0.1) is 0 Å². The Morgan fingerprint density at radius 1 is 0.442 bits per heavy atom. The molecule has 1 fully saturated rings. The molecule has 0 aliphatic carbocycles. The van der Waals surface area contributed by atoms with Crippen molar-refractivity contribution in [1.29, 1.82) is 0 Å². The fourth-order valence-corrected chi connectivity index (χ4v) is 10.3. The van der Waals surface area contributed by atoms with Crippen molar-refractivity contribution in [3.8, 4) is 0 Å². The van der Waals surface area contributed by atoms with Gasteiger partial charge in [0.25, 0.3) is 0 Å². The highest BCUT2D eigenvalue weighted by Crippen LogP contribution is 2.23. The van der Waals surface area contributed by atoms with Crippen molar-refractivity contribution in [3.05, 3.63) is 60.8 Å². The first-order valence-corrected chi connectivity index (χ1v) is 33.0. The van der Waals surface area contributed by atoms with E-state index in [9.17, 15) is 30.3 Å². The monoisotopic (exact) mass is 1080 g/mol. The maximum absolute atomic E-state index is 13.1. The molecule has 9 heteroatoms. The predicted octanol–water partition coefficient (Wildman–Crippen LogP) is 17.4. The van der Waals surface area contributed by atoms with Crippen molar-refractivity contribution in [2.45, 2.75) is 352 Å². The normalized spacial score (nSPS) is 19.1. The first-order chi connectivity index (χ1) is 37.8. The highest BCUT2D eigenvalue weighted by atomic mass is 16.7. The van der Waals surface area contributed by atoms with Gasteiger partial charge in [-0.1, -0.05) is 286 Å². The van der Waals surface area contributed by atoms with Gasteiger partial charge in [0.2, 0.25) is 5.91 Å². The number of unbranched alkanes of at least 4 members (excludes halogenated alkanes) is 39. The fraction of sp³-hybridized carbons (Fsp3) is 0.838. The molecular weight excluding hydrogens is 959 g/mol. The van der Waals surface area contributed by atoms with Gasteiger partial charge in [-0.25, -0.2) is 0 Å². The molecule has 7 atom stereocenters. The summed E-state index contributed by atoms with van der Waals surface area (Å²) in [5, 5.41) is 54.6. The minimum Gasteiger partial charge on any atom is -0.394 e. The summed E-state index contributed by atoms with van der Waals surface area (Å²) in [6.07, 6.45) is 71.8. The number of carbonyl (C=O) groups excluding carboxylic acids is 1. The number of amides is 1. The molecule has 1 saturated heterocycles. The minimum absolute atomic E-state index is 0.188. The van der Waals surface area contributed by atoms with Crippen LogP contribution in [0.1, 0.15) is 309 Å². The molecule has 1 aliphatic rings. The van der Waals surface area contributed by atoms with E-state index in [0.717, 1.165) is 51.4 Å². The number of hydrogen-bond donors (Lipinski definition) is 6. The lowest BCUT2D eigenvalue weighted by molar-refractivity contribution is -0.302. The molecule has 1 rings (SSSR count). The van der Waals surface area contributed by atoms with Gasteiger partial charge in [-0.2, -0.15) is 0 Å². The smallest absolute Gasteiger partial charge is 0.220 e. The van der Waals surface area contributed by atoms with E-state index in [1.807, 2.05) is 6.08 Å². The number of nitrogens with one attached hydrogen (secondary N) is 1. The molecule has 450 valence electrons. The van der Waals surface area contributed by atoms with Crippen LogP contribution in [0.4, 0.5) is 0 Å². The summed E-state index contributed by atoms with van der Waals surface area (Å²) >= 11 is 0. The second-order valence-electron chi connectivity index (χ2n) is 22.9. The van der Waals surface area contributed by atoms with E-state index >= 15 is 0 Å². The Morgan fingerprint density at radius 2 is 0.779 bits per heavy atom. The molecule has 77 heavy (non-hydrogen) atoms. The Morgan fingerprint density at radius 3 is 1.17 bits per heavy atom. The van der Waals surface area contributed by atoms with Gasteiger partial charge in [-0.05, 0) is 77.0 Å². The Kier molecular flexibility index (Phi) is 54.1. The first kappa shape index (κ1) is 72.9. The summed E-state index contributed by atoms with van der Waals surface area (Å²) in [5.74, 6) is -0.188. The molecule has 0 aromatic heterocycles. The van der Waals surface area contributed by atoms with Gasteiger partial charge in [-0.3, -0.25) is 4.79 Å². The number of aliphatic hydroxyl groups excluding tert-OH is 5. The Hall–Kier alpha value is -2.11. The molecule has 1 aliphatic heterocycles. The molecule has 0 spiro atoms. The van der Waals surface area contributed by atoms with E-state index < -0.39 is 49.5 Å². The second-order valence-corrected chi connectivity index (χ2v) is 22.9. The van der Waals surface area contributed by atoms with E-state index in [1.54, 1.807) is 6.08 Å². The van der Waals surface area contributed by atoms with Crippen molar-refractivity contribution in [1.82, 2.24) is 5.32 Å². The number of rotatable bonds is 57. The third-order valence-corrected chi connectivity index (χ3v) is 15.5. The molecule has 6 N–H and O–H groups in total. The number of hydrogen-bond acceptors (Lipinski definition) is 8. The zero-order chi connectivity index (χ0) is 55.8. The van der Waals surface area contributed by atoms with Gasteiger partial charge in [0.1, 0.15) is 24.4 Å². The minimum atomic E-state index is -1.58. The zero-order valence-corrected chi connectivity index (χ0v) is 50.2. The average Bonchev–Trinajstić information content (AvgIpc) is 3.43. The third kappa shape index (κ3) is 46.2. The summed E-state index contributed by atoms with van der Waals surface area (Å²) in [5.41, 5.74) is 0. The fourth-order valence-electron chi connectivity index (χ4n) is 10.3. The summed E-state index contributed by atoms with van der Waals surface area (Å²) < 4.78 is 11.3. The lowest BCUT2D eigenvalue weighted by atomic mass is 9.99. The van der Waals surface area contributed by atoms with Crippen molar-refractivity contribution < 1.29 is 39.8 Å². The highest BCUT2D eigenvalue weighted by Gasteiger charge is 2.44. The van der Waals surface area contributed by atoms with Crippen molar-refractivity contribution in [2.24, 2.45) is 0 Å². The summed E-state index contributed by atoms with van der Waals surface area (Å²) in [4.78, 5) is 13.1. The van der Waals surface area contributed by atoms with Crippen molar-refractivity contribution in [3.63, 3.8) is 0 Å². The molecule has 0 aromatic carbocycles. The van der Waals surface area contributed by atoms with Crippen LogP contribution in [-0.2, 0) is 14.3 Å². The van der Waals surface area contributed by atoms with E-state index in [2.05, 4.69) is 67.8 Å². The van der Waals surface area contributed by atoms with Crippen molar-refractivity contribution in [2.75, 3.05) is 13.2 Å². The molecule has 7 unspecified atom stereocenters. The van der Waals surface area contributed by atoms with Crippen LogP contribution in [0.3, 0.4) is 0 Å². The van der Waals surface area contributed by atoms with Crippen LogP contribution in [0.5, 0.6) is 0 Å². The quantitative estimate of drug-likeness (QED) is 0.0261. The molecule has 0 bridgehead atoms. The molecular formula is C68H125NO8. The third-order valence-electron chi connectivity index (χ3n) is 15.5. The molecule has 1 heterocycles. The van der Waals surface area contributed by atoms with Gasteiger partial charge in [-0.15, -0.1) is 0 Å². The molecule has 0 aromatic rings. The summed E-state index contributed by atoms with van der Waals surface area (Å²) in [6.45, 7) is 3.78. The number of ether oxygens (including phenoxy) is 2. The Balaban J connectivity index is 2.13. The van der Waals surface area contributed by atoms with Crippen LogP contribution in [0.2, 0.25) is 0 Å². The topological polar surface area (TPSA) is 149 Å². The zero-order valence-electron chi connectivity index (χ0n) is 50.2. The van der Waals surface area contributed by atoms with Gasteiger partial charge in [0.15, 0.2) is 6.29 Å². The van der Waals surface area contributed by atoms with Crippen molar-refractivity contribution >= 4 is 5.91 Å². The van der Waals surface area contributed by atoms with Gasteiger partial charge in [0.05, 0.1) is 25.4 Å². The lowest BCUT2D eigenvalue weighted by Gasteiger charge is -2.40. The Labute approximate surface area is 475 Å². The van der Waals surface area contributed by atoms with Crippen LogP contribution in [0.25, 0.3) is 0 Å². The largest absolute Gasteiger partial charge is 0.394 e. The van der Waals surface area contributed by atoms with Gasteiger partial charge < -0.3 is 40.3 Å². The maximum atomic E-state index is 13.1. The van der Waals surface area contributed by atoms with Gasteiger partial charge >= 0.3 is 0 Å². The van der Waals surface area contributed by atoms with Crippen LogP contribution in [-0.4, -0.2) is 87.5 Å². The lowest BCUT2D eigenvalue weighted by Crippen LogP contribution is -2.60. The van der Waals surface area contributed by atoms with Gasteiger partial charge in [0, 0.05) is 6.42 Å². The standard InChI is InChI=1S/C68H125NO8/c1-3-5-7-9-11-13-15-17-19-21-23-24-25-26-27-28-29-30-31-32-33-34-35-36-37-38-40-42-44-46-48-50-52-54-56-58-64(72)69-61(60-76-68-67(75)66(74)65(73)63(59-70)77-68)62(71)57-55-53-51-49-47-45-43-41-39-22-20-18-16-14-12-10-8-6-4-2/h25-26,28-29,39,41,47,49,55,57,61-63,65-68,70-71,73-75H,3-24,27,30-38,40,42-46,48,50-54,56,58-60H2,1-2H3,(H,69,72)/b26-25-,29-28-,41-39+,49-47+,57-55+. The van der Waals surface area contributed by atoms with Crippen LogP contribution < -0.4 is 5.32 Å². The molecule has 0 saturated carbocycles. The number of carbonyl (C=O) groups is 1. The molecule has 0 radical (unpaired) electrons. The second kappa shape index (κ2) is 57.1.